The van der Waals surface area contributed by atoms with Crippen molar-refractivity contribution in [1.29, 1.82) is 0 Å². The van der Waals surface area contributed by atoms with Gasteiger partial charge in [-0.2, -0.15) is 0 Å². The molecule has 5 nitrogen and oxygen atoms in total. The van der Waals surface area contributed by atoms with Crippen molar-refractivity contribution >= 4 is 14.3 Å². The van der Waals surface area contributed by atoms with Gasteiger partial charge in [-0.1, -0.05) is 0 Å². The standard InChI is InChI=1S/C5H13N2O3P/c1-3(6)5(8)7-4(2)11(9)10/h3-4,9-10H,6H2,1-2H3,(H,7,8)/t3-,4?/m0/s1. The average Bonchev–Trinajstić information content (AvgIpc) is 1.87. The fraction of sp³-hybridized carbons (Fsp3) is 0.800. The summed E-state index contributed by atoms with van der Waals surface area (Å²) in [5.41, 5.74) is 5.22. The molecule has 0 aromatic heterocycles. The Morgan fingerprint density at radius 3 is 2.27 bits per heavy atom. The van der Waals surface area contributed by atoms with Crippen LogP contribution < -0.4 is 11.1 Å². The number of nitrogens with two attached hydrogens (primary N) is 1. The Morgan fingerprint density at radius 1 is 1.55 bits per heavy atom. The predicted molar refractivity (Wildman–Crippen MR) is 42.6 cm³/mol. The quantitative estimate of drug-likeness (QED) is 0.423. The van der Waals surface area contributed by atoms with Gasteiger partial charge in [0.25, 0.3) is 0 Å². The van der Waals surface area contributed by atoms with Gasteiger partial charge in [-0.25, -0.2) is 0 Å². The SMILES string of the molecule is CC(NC(=O)[C@H](C)N)P(O)O. The summed E-state index contributed by atoms with van der Waals surface area (Å²) in [6.45, 7) is 3.03. The van der Waals surface area contributed by atoms with Crippen molar-refractivity contribution in [2.75, 3.05) is 0 Å². The third kappa shape index (κ3) is 4.27. The Hall–Kier alpha value is -0.220. The maximum atomic E-state index is 10.8. The monoisotopic (exact) mass is 180 g/mol. The molecule has 0 saturated heterocycles. The molecule has 0 fully saturated rings. The maximum absolute atomic E-state index is 10.8. The molecule has 1 amide bonds. The Kier molecular flexibility index (Phi) is 4.52. The first-order chi connectivity index (χ1) is 4.95. The number of amides is 1. The molecule has 0 rings (SSSR count). The first-order valence-electron chi connectivity index (χ1n) is 3.18. The zero-order valence-corrected chi connectivity index (χ0v) is 7.38. The summed E-state index contributed by atoms with van der Waals surface area (Å²) in [7, 11) is -2.11. The van der Waals surface area contributed by atoms with Crippen molar-refractivity contribution in [3.05, 3.63) is 0 Å². The summed E-state index contributed by atoms with van der Waals surface area (Å²) in [4.78, 5) is 28.0. The van der Waals surface area contributed by atoms with Crippen LogP contribution in [-0.4, -0.2) is 27.5 Å². The van der Waals surface area contributed by atoms with Gasteiger partial charge in [-0.05, 0) is 13.8 Å². The van der Waals surface area contributed by atoms with Gasteiger partial charge < -0.3 is 20.8 Å². The van der Waals surface area contributed by atoms with Crippen LogP contribution in [0.1, 0.15) is 13.8 Å². The lowest BCUT2D eigenvalue weighted by Crippen LogP contribution is -2.42. The molecule has 0 saturated carbocycles. The zero-order chi connectivity index (χ0) is 9.02. The number of carbonyl (C=O) groups excluding carboxylic acids is 1. The van der Waals surface area contributed by atoms with Crippen LogP contribution in [0.5, 0.6) is 0 Å². The van der Waals surface area contributed by atoms with Crippen molar-refractivity contribution in [2.45, 2.75) is 25.7 Å². The Morgan fingerprint density at radius 2 is 2.00 bits per heavy atom. The number of nitrogens with one attached hydrogen (secondary N) is 1. The number of rotatable bonds is 3. The van der Waals surface area contributed by atoms with Crippen LogP contribution in [0.25, 0.3) is 0 Å². The Balaban J connectivity index is 3.76. The predicted octanol–water partition coefficient (Wildman–Crippen LogP) is -0.908. The molecule has 11 heavy (non-hydrogen) atoms. The summed E-state index contributed by atoms with van der Waals surface area (Å²) in [5, 5.41) is 2.34. The Bertz CT molecular complexity index is 140. The van der Waals surface area contributed by atoms with Crippen molar-refractivity contribution < 1.29 is 14.6 Å². The molecular weight excluding hydrogens is 167 g/mol. The first kappa shape index (κ1) is 10.8. The van der Waals surface area contributed by atoms with E-state index >= 15 is 0 Å². The molecule has 2 atom stereocenters. The minimum atomic E-state index is -2.11. The third-order valence-electron chi connectivity index (χ3n) is 1.11. The van der Waals surface area contributed by atoms with Gasteiger partial charge in [-0.15, -0.1) is 0 Å². The van der Waals surface area contributed by atoms with E-state index in [-0.39, 0.29) is 5.91 Å². The molecule has 0 aromatic carbocycles. The topological polar surface area (TPSA) is 95.6 Å². The summed E-state index contributed by atoms with van der Waals surface area (Å²) >= 11 is 0. The highest BCUT2D eigenvalue weighted by atomic mass is 31.2. The van der Waals surface area contributed by atoms with Gasteiger partial charge in [0.05, 0.1) is 11.8 Å². The third-order valence-corrected chi connectivity index (χ3v) is 1.93. The molecule has 0 heterocycles. The molecular formula is C5H13N2O3P. The first-order valence-corrected chi connectivity index (χ1v) is 4.49. The lowest BCUT2D eigenvalue weighted by molar-refractivity contribution is -0.122. The second-order valence-corrected chi connectivity index (χ2v) is 3.71. The van der Waals surface area contributed by atoms with Gasteiger partial charge in [0.2, 0.25) is 5.91 Å². The van der Waals surface area contributed by atoms with E-state index in [4.69, 9.17) is 15.5 Å². The maximum Gasteiger partial charge on any atom is 0.237 e. The zero-order valence-electron chi connectivity index (χ0n) is 6.48. The highest BCUT2D eigenvalue weighted by molar-refractivity contribution is 7.45. The van der Waals surface area contributed by atoms with Crippen molar-refractivity contribution in [3.63, 3.8) is 0 Å². The summed E-state index contributed by atoms with van der Waals surface area (Å²) in [6, 6.07) is -0.618. The molecule has 5 N–H and O–H groups in total. The van der Waals surface area contributed by atoms with Gasteiger partial charge in [0.1, 0.15) is 0 Å². The summed E-state index contributed by atoms with van der Waals surface area (Å²) in [5.74, 6) is -1.00. The number of hydrogen-bond acceptors (Lipinski definition) is 4. The molecule has 0 aliphatic heterocycles. The van der Waals surface area contributed by atoms with E-state index in [1.807, 2.05) is 0 Å². The lowest BCUT2D eigenvalue weighted by atomic mass is 10.3. The van der Waals surface area contributed by atoms with E-state index in [1.54, 1.807) is 0 Å². The van der Waals surface area contributed by atoms with Gasteiger partial charge in [0.15, 0.2) is 8.38 Å². The smallest absolute Gasteiger partial charge is 0.237 e. The van der Waals surface area contributed by atoms with E-state index in [2.05, 4.69) is 5.32 Å². The molecule has 0 aliphatic rings. The van der Waals surface area contributed by atoms with E-state index in [9.17, 15) is 4.79 Å². The molecule has 0 aliphatic carbocycles. The molecule has 0 bridgehead atoms. The second kappa shape index (κ2) is 4.62. The van der Waals surface area contributed by atoms with E-state index < -0.39 is 20.2 Å². The largest absolute Gasteiger partial charge is 0.349 e. The van der Waals surface area contributed by atoms with Crippen LogP contribution in [0.2, 0.25) is 0 Å². The average molecular weight is 180 g/mol. The van der Waals surface area contributed by atoms with Crippen LogP contribution >= 0.6 is 8.38 Å². The van der Waals surface area contributed by atoms with Gasteiger partial charge in [-0.3, -0.25) is 4.79 Å². The van der Waals surface area contributed by atoms with E-state index in [0.29, 0.717) is 0 Å². The fourth-order valence-corrected chi connectivity index (χ4v) is 0.638. The lowest BCUT2D eigenvalue weighted by Gasteiger charge is -2.15. The molecule has 6 heteroatoms. The van der Waals surface area contributed by atoms with Crippen molar-refractivity contribution in [1.82, 2.24) is 5.32 Å². The highest BCUT2D eigenvalue weighted by Gasteiger charge is 2.16. The van der Waals surface area contributed by atoms with E-state index in [1.165, 1.54) is 13.8 Å². The number of hydrogen-bond donors (Lipinski definition) is 4. The van der Waals surface area contributed by atoms with Crippen LogP contribution in [0.4, 0.5) is 0 Å². The van der Waals surface area contributed by atoms with Gasteiger partial charge >= 0.3 is 0 Å². The van der Waals surface area contributed by atoms with Crippen molar-refractivity contribution in [3.8, 4) is 0 Å². The number of carbonyl (C=O) groups is 1. The molecule has 0 spiro atoms. The summed E-state index contributed by atoms with van der Waals surface area (Å²) in [6.07, 6.45) is 0. The summed E-state index contributed by atoms with van der Waals surface area (Å²) < 4.78 is 0. The normalized spacial score (nSPS) is 16.2. The second-order valence-electron chi connectivity index (χ2n) is 2.29. The van der Waals surface area contributed by atoms with E-state index in [0.717, 1.165) is 0 Å². The van der Waals surface area contributed by atoms with Crippen LogP contribution in [0, 0.1) is 0 Å². The minimum Gasteiger partial charge on any atom is -0.349 e. The molecule has 66 valence electrons. The Labute approximate surface area is 66.5 Å². The van der Waals surface area contributed by atoms with Gasteiger partial charge in [0, 0.05) is 0 Å². The van der Waals surface area contributed by atoms with Crippen LogP contribution in [0.15, 0.2) is 0 Å². The van der Waals surface area contributed by atoms with Crippen LogP contribution in [-0.2, 0) is 4.79 Å². The minimum absolute atomic E-state index is 0.381. The fourth-order valence-electron chi connectivity index (χ4n) is 0.395. The molecule has 1 unspecified atom stereocenters. The van der Waals surface area contributed by atoms with Crippen molar-refractivity contribution in [2.24, 2.45) is 5.73 Å². The highest BCUT2D eigenvalue weighted by Crippen LogP contribution is 2.27. The van der Waals surface area contributed by atoms with Crippen LogP contribution in [0.3, 0.4) is 0 Å². The molecule has 0 aromatic rings. The molecule has 0 radical (unpaired) electrons.